The zero-order chi connectivity index (χ0) is 21.6. The van der Waals surface area contributed by atoms with Crippen molar-refractivity contribution in [1.29, 1.82) is 0 Å². The highest BCUT2D eigenvalue weighted by Gasteiger charge is 2.15. The van der Waals surface area contributed by atoms with Crippen LogP contribution < -0.4 is 15.4 Å². The van der Waals surface area contributed by atoms with Crippen molar-refractivity contribution in [2.75, 3.05) is 13.2 Å². The molecule has 6 heteroatoms. The van der Waals surface area contributed by atoms with Gasteiger partial charge >= 0.3 is 0 Å². The average Bonchev–Trinajstić information content (AvgIpc) is 2.70. The van der Waals surface area contributed by atoms with E-state index >= 15 is 0 Å². The van der Waals surface area contributed by atoms with Gasteiger partial charge in [-0.15, -0.1) is 12.4 Å². The number of hydrogen-bond donors (Lipinski definition) is 2. The van der Waals surface area contributed by atoms with E-state index < -0.39 is 0 Å². The summed E-state index contributed by atoms with van der Waals surface area (Å²) in [6.45, 7) is 7.15. The van der Waals surface area contributed by atoms with E-state index in [1.165, 1.54) is 12.1 Å². The molecule has 0 unspecified atom stereocenters. The molecule has 0 fully saturated rings. The maximum absolute atomic E-state index is 13.1. The summed E-state index contributed by atoms with van der Waals surface area (Å²) in [5.74, 6) is 0.331. The number of rotatable bonds is 8. The summed E-state index contributed by atoms with van der Waals surface area (Å²) >= 11 is 0. The topological polar surface area (TPSA) is 50.4 Å². The number of carbonyl (C=O) groups is 1. The van der Waals surface area contributed by atoms with Crippen molar-refractivity contribution >= 4 is 29.1 Å². The van der Waals surface area contributed by atoms with Crippen LogP contribution in [0.1, 0.15) is 31.9 Å². The Morgan fingerprint density at radius 2 is 1.71 bits per heavy atom. The van der Waals surface area contributed by atoms with Crippen LogP contribution in [0.2, 0.25) is 0 Å². The fraction of sp³-hybridized carbons (Fsp3) is 0.320. The molecule has 0 saturated carbocycles. The van der Waals surface area contributed by atoms with E-state index in [2.05, 4.69) is 22.8 Å². The molecule has 0 aliphatic heterocycles. The molecule has 0 atom stereocenters. The fourth-order valence-electron chi connectivity index (χ4n) is 3.33. The van der Waals surface area contributed by atoms with E-state index in [0.717, 1.165) is 34.9 Å². The first-order valence-electron chi connectivity index (χ1n) is 10.2. The van der Waals surface area contributed by atoms with Crippen molar-refractivity contribution in [3.05, 3.63) is 77.6 Å². The number of fused-ring (bicyclic) bond motifs is 1. The fourth-order valence-corrected chi connectivity index (χ4v) is 3.33. The standard InChI is InChI=1S/C25H29FN2O2.ClH/c1-25(2,3)28-24(29)17-30-23-13-10-19-6-4-5-7-21(19)22(23)16-27-15-14-18-8-11-20(26)12-9-18;/h4-13,27H,14-17H2,1-3H3,(H,28,29);1H. The van der Waals surface area contributed by atoms with Crippen LogP contribution in [0.3, 0.4) is 0 Å². The highest BCUT2D eigenvalue weighted by atomic mass is 35.5. The lowest BCUT2D eigenvalue weighted by Crippen LogP contribution is -2.43. The SMILES string of the molecule is CC(C)(C)NC(=O)COc1ccc2ccccc2c1CNCCc1ccc(F)cc1.Cl. The summed E-state index contributed by atoms with van der Waals surface area (Å²) < 4.78 is 18.9. The normalized spacial score (nSPS) is 11.1. The third kappa shape index (κ3) is 7.53. The predicted octanol–water partition coefficient (Wildman–Crippen LogP) is 5.03. The zero-order valence-electron chi connectivity index (χ0n) is 18.2. The molecule has 0 aromatic heterocycles. The van der Waals surface area contributed by atoms with E-state index in [0.29, 0.717) is 12.3 Å². The Kier molecular flexibility index (Phi) is 8.84. The first-order chi connectivity index (χ1) is 14.3. The number of nitrogens with one attached hydrogen (secondary N) is 2. The molecule has 0 saturated heterocycles. The molecule has 166 valence electrons. The molecule has 2 N–H and O–H groups in total. The number of ether oxygens (including phenoxy) is 1. The number of benzene rings is 3. The van der Waals surface area contributed by atoms with Crippen molar-refractivity contribution in [2.45, 2.75) is 39.3 Å². The first-order valence-corrected chi connectivity index (χ1v) is 10.2. The van der Waals surface area contributed by atoms with E-state index in [-0.39, 0.29) is 36.3 Å². The minimum Gasteiger partial charge on any atom is -0.483 e. The van der Waals surface area contributed by atoms with Crippen LogP contribution in [0.15, 0.2) is 60.7 Å². The van der Waals surface area contributed by atoms with Crippen LogP contribution in [0.25, 0.3) is 10.8 Å². The van der Waals surface area contributed by atoms with Crippen molar-refractivity contribution in [1.82, 2.24) is 10.6 Å². The maximum Gasteiger partial charge on any atom is 0.258 e. The predicted molar refractivity (Wildman–Crippen MR) is 126 cm³/mol. The lowest BCUT2D eigenvalue weighted by molar-refractivity contribution is -0.124. The third-order valence-electron chi connectivity index (χ3n) is 4.68. The highest BCUT2D eigenvalue weighted by molar-refractivity contribution is 5.88. The van der Waals surface area contributed by atoms with Gasteiger partial charge < -0.3 is 15.4 Å². The van der Waals surface area contributed by atoms with Crippen LogP contribution in [-0.4, -0.2) is 24.6 Å². The second-order valence-electron chi connectivity index (χ2n) is 8.40. The van der Waals surface area contributed by atoms with Crippen molar-refractivity contribution in [3.63, 3.8) is 0 Å². The van der Waals surface area contributed by atoms with Gasteiger partial charge in [-0.2, -0.15) is 0 Å². The molecule has 1 amide bonds. The lowest BCUT2D eigenvalue weighted by Gasteiger charge is -2.21. The molecular weight excluding hydrogens is 415 g/mol. The Morgan fingerprint density at radius 1 is 1.00 bits per heavy atom. The lowest BCUT2D eigenvalue weighted by atomic mass is 10.0. The van der Waals surface area contributed by atoms with Gasteiger partial charge in [0.05, 0.1) is 0 Å². The Bertz CT molecular complexity index is 1000. The molecule has 0 heterocycles. The minimum atomic E-state index is -0.297. The maximum atomic E-state index is 13.1. The third-order valence-corrected chi connectivity index (χ3v) is 4.68. The summed E-state index contributed by atoms with van der Waals surface area (Å²) in [5, 5.41) is 8.59. The van der Waals surface area contributed by atoms with E-state index in [9.17, 15) is 9.18 Å². The molecule has 0 aliphatic carbocycles. The Hall–Kier alpha value is -2.63. The number of hydrogen-bond acceptors (Lipinski definition) is 3. The molecule has 4 nitrogen and oxygen atoms in total. The Balaban J connectivity index is 0.00000341. The van der Waals surface area contributed by atoms with Gasteiger partial charge in [-0.1, -0.05) is 42.5 Å². The first kappa shape index (κ1) is 24.6. The highest BCUT2D eigenvalue weighted by Crippen LogP contribution is 2.28. The van der Waals surface area contributed by atoms with Gasteiger partial charge in [0.2, 0.25) is 0 Å². The van der Waals surface area contributed by atoms with Gasteiger partial charge in [-0.05, 0) is 68.3 Å². The van der Waals surface area contributed by atoms with Gasteiger partial charge in [0, 0.05) is 17.6 Å². The van der Waals surface area contributed by atoms with Crippen LogP contribution >= 0.6 is 12.4 Å². The van der Waals surface area contributed by atoms with Crippen LogP contribution in [0, 0.1) is 5.82 Å². The van der Waals surface area contributed by atoms with Crippen molar-refractivity contribution in [2.24, 2.45) is 0 Å². The molecule has 0 bridgehead atoms. The smallest absolute Gasteiger partial charge is 0.258 e. The van der Waals surface area contributed by atoms with Crippen LogP contribution in [0.5, 0.6) is 5.75 Å². The average molecular weight is 445 g/mol. The van der Waals surface area contributed by atoms with E-state index in [1.54, 1.807) is 12.1 Å². The van der Waals surface area contributed by atoms with Gasteiger partial charge in [0.25, 0.3) is 5.91 Å². The molecule has 3 rings (SSSR count). The number of carbonyl (C=O) groups excluding carboxylic acids is 1. The molecule has 3 aromatic carbocycles. The van der Waals surface area contributed by atoms with Crippen molar-refractivity contribution < 1.29 is 13.9 Å². The number of amides is 1. The largest absolute Gasteiger partial charge is 0.483 e. The Morgan fingerprint density at radius 3 is 2.42 bits per heavy atom. The van der Waals surface area contributed by atoms with Gasteiger partial charge in [-0.3, -0.25) is 4.79 Å². The second kappa shape index (κ2) is 11.1. The molecule has 3 aromatic rings. The van der Waals surface area contributed by atoms with Gasteiger partial charge in [-0.25, -0.2) is 4.39 Å². The summed E-state index contributed by atoms with van der Waals surface area (Å²) in [5.41, 5.74) is 1.81. The summed E-state index contributed by atoms with van der Waals surface area (Å²) in [7, 11) is 0. The van der Waals surface area contributed by atoms with Gasteiger partial charge in [0.15, 0.2) is 6.61 Å². The summed E-state index contributed by atoms with van der Waals surface area (Å²) in [6, 6.07) is 18.6. The van der Waals surface area contributed by atoms with Crippen LogP contribution in [0.4, 0.5) is 4.39 Å². The minimum absolute atomic E-state index is 0. The zero-order valence-corrected chi connectivity index (χ0v) is 19.0. The summed E-state index contributed by atoms with van der Waals surface area (Å²) in [4.78, 5) is 12.2. The molecule has 31 heavy (non-hydrogen) atoms. The quantitative estimate of drug-likeness (QED) is 0.479. The van der Waals surface area contributed by atoms with E-state index in [1.807, 2.05) is 45.0 Å². The van der Waals surface area contributed by atoms with Crippen LogP contribution in [-0.2, 0) is 17.8 Å². The van der Waals surface area contributed by atoms with E-state index in [4.69, 9.17) is 4.74 Å². The molecule has 0 aliphatic rings. The number of halogens is 2. The monoisotopic (exact) mass is 444 g/mol. The summed E-state index contributed by atoms with van der Waals surface area (Å²) in [6.07, 6.45) is 0.801. The van der Waals surface area contributed by atoms with Crippen molar-refractivity contribution in [3.8, 4) is 5.75 Å². The molecule has 0 radical (unpaired) electrons. The molecular formula is C25H30ClFN2O2. The second-order valence-corrected chi connectivity index (χ2v) is 8.40. The van der Waals surface area contributed by atoms with Gasteiger partial charge in [0.1, 0.15) is 11.6 Å². The molecule has 0 spiro atoms. The Labute approximate surface area is 189 Å².